The van der Waals surface area contributed by atoms with E-state index in [9.17, 15) is 21.2 Å². The van der Waals surface area contributed by atoms with Crippen LogP contribution < -0.4 is 4.72 Å². The van der Waals surface area contributed by atoms with Gasteiger partial charge < -0.3 is 4.84 Å². The smallest absolute Gasteiger partial charge is 0.323 e. The lowest BCUT2D eigenvalue weighted by molar-refractivity contribution is 0.213. The largest absolute Gasteiger partial charge is 0.399 e. The van der Waals surface area contributed by atoms with Gasteiger partial charge in [0, 0.05) is 19.7 Å². The summed E-state index contributed by atoms with van der Waals surface area (Å²) in [5, 5.41) is 6.26. The zero-order valence-corrected chi connectivity index (χ0v) is 17.3. The van der Waals surface area contributed by atoms with Gasteiger partial charge in [0.25, 0.3) is 15.2 Å². The summed E-state index contributed by atoms with van der Waals surface area (Å²) in [7, 11) is -4.58. The van der Waals surface area contributed by atoms with Crippen molar-refractivity contribution < 1.29 is 26.1 Å². The third-order valence-corrected chi connectivity index (χ3v) is 6.34. The Balaban J connectivity index is 2.25. The molecule has 0 atom stereocenters. The second-order valence-corrected chi connectivity index (χ2v) is 9.43. The minimum atomic E-state index is -4.30. The van der Waals surface area contributed by atoms with Gasteiger partial charge in [0.15, 0.2) is 0 Å². The third kappa shape index (κ3) is 4.82. The Kier molecular flexibility index (Phi) is 6.71. The molecule has 1 N–H and O–H groups in total. The van der Waals surface area contributed by atoms with Crippen LogP contribution in [0.1, 0.15) is 5.56 Å². The summed E-state index contributed by atoms with van der Waals surface area (Å²) in [6.07, 6.45) is 0.753. The van der Waals surface area contributed by atoms with Gasteiger partial charge >= 0.3 is 10.2 Å². The zero-order valence-electron chi connectivity index (χ0n) is 14.9. The summed E-state index contributed by atoms with van der Waals surface area (Å²) in [6.45, 7) is -0.410. The van der Waals surface area contributed by atoms with Crippen molar-refractivity contribution in [3.05, 3.63) is 40.9 Å². The van der Waals surface area contributed by atoms with E-state index in [0.29, 0.717) is 4.09 Å². The van der Waals surface area contributed by atoms with Crippen LogP contribution in [-0.4, -0.2) is 68.8 Å². The van der Waals surface area contributed by atoms with Gasteiger partial charge in [0.05, 0.1) is 11.6 Å². The molecule has 0 aliphatic carbocycles. The van der Waals surface area contributed by atoms with Crippen LogP contribution in [0.5, 0.6) is 0 Å². The number of hydrogen-bond acceptors (Lipinski definition) is 8. The Morgan fingerprint density at radius 1 is 1.36 bits per heavy atom. The highest BCUT2D eigenvalue weighted by atomic mass is 35.5. The molecule has 0 saturated carbocycles. The summed E-state index contributed by atoms with van der Waals surface area (Å²) < 4.78 is 65.7. The van der Waals surface area contributed by atoms with E-state index in [2.05, 4.69) is 24.8 Å². The molecular formula is C13H16ClFN6O5S2. The normalized spacial score (nSPS) is 13.1. The Hall–Kier alpha value is -2.13. The zero-order chi connectivity index (χ0) is 21.1. The van der Waals surface area contributed by atoms with Crippen molar-refractivity contribution in [2.45, 2.75) is 5.16 Å². The van der Waals surface area contributed by atoms with Gasteiger partial charge in [0.2, 0.25) is 0 Å². The molecule has 0 radical (unpaired) electrons. The van der Waals surface area contributed by atoms with Gasteiger partial charge in [-0.3, -0.25) is 0 Å². The molecular weight excluding hydrogens is 439 g/mol. The number of hydrogen-bond donors (Lipinski definition) is 1. The number of nitrogens with zero attached hydrogens (tertiary/aromatic N) is 5. The molecule has 2 aromatic rings. The maximum absolute atomic E-state index is 13.6. The van der Waals surface area contributed by atoms with E-state index in [1.807, 2.05) is 0 Å². The minimum absolute atomic E-state index is 0.0435. The van der Waals surface area contributed by atoms with E-state index in [0.717, 1.165) is 16.7 Å². The first-order chi connectivity index (χ1) is 13.0. The quantitative estimate of drug-likeness (QED) is 0.439. The fourth-order valence-corrected chi connectivity index (χ4v) is 3.52. The highest BCUT2D eigenvalue weighted by Gasteiger charge is 2.25. The van der Waals surface area contributed by atoms with Gasteiger partial charge in [-0.2, -0.15) is 12.7 Å². The van der Waals surface area contributed by atoms with Gasteiger partial charge in [-0.1, -0.05) is 22.8 Å². The summed E-state index contributed by atoms with van der Waals surface area (Å²) in [5.74, 6) is -0.722. The van der Waals surface area contributed by atoms with Crippen LogP contribution in [0.4, 0.5) is 4.39 Å². The Morgan fingerprint density at radius 3 is 2.61 bits per heavy atom. The molecule has 0 aliphatic heterocycles. The van der Waals surface area contributed by atoms with Crippen LogP contribution in [0.2, 0.25) is 5.02 Å². The van der Waals surface area contributed by atoms with Crippen molar-refractivity contribution in [2.24, 2.45) is 5.16 Å². The third-order valence-electron chi connectivity index (χ3n) is 3.27. The Bertz CT molecular complexity index is 1100. The molecule has 15 heteroatoms. The van der Waals surface area contributed by atoms with E-state index in [1.165, 1.54) is 33.3 Å². The molecule has 1 aromatic carbocycles. The summed E-state index contributed by atoms with van der Waals surface area (Å²) in [6, 6.07) is 3.76. The van der Waals surface area contributed by atoms with Crippen LogP contribution in [0, 0.1) is 5.82 Å². The highest BCUT2D eigenvalue weighted by Crippen LogP contribution is 2.16. The number of oxime groups is 1. The molecule has 0 amide bonds. The monoisotopic (exact) mass is 454 g/mol. The molecule has 1 aromatic heterocycles. The summed E-state index contributed by atoms with van der Waals surface area (Å²) in [4.78, 5) is 8.16. The first-order valence-electron chi connectivity index (χ1n) is 7.39. The predicted molar refractivity (Wildman–Crippen MR) is 98.2 cm³/mol. The number of halogens is 2. The molecule has 0 unspecified atom stereocenters. The molecule has 154 valence electrons. The molecule has 1 heterocycles. The van der Waals surface area contributed by atoms with Crippen molar-refractivity contribution in [1.29, 1.82) is 0 Å². The number of sulfonamides is 1. The van der Waals surface area contributed by atoms with Crippen LogP contribution >= 0.6 is 11.6 Å². The second-order valence-electron chi connectivity index (χ2n) is 5.36. The topological polar surface area (TPSA) is 136 Å². The summed E-state index contributed by atoms with van der Waals surface area (Å²) >= 11 is 5.62. The van der Waals surface area contributed by atoms with Crippen LogP contribution in [0.3, 0.4) is 0 Å². The molecule has 0 bridgehead atoms. The highest BCUT2D eigenvalue weighted by molar-refractivity contribution is 7.89. The maximum Gasteiger partial charge on any atom is 0.323 e. The average molecular weight is 455 g/mol. The number of benzene rings is 1. The first kappa shape index (κ1) is 22.2. The maximum atomic E-state index is 13.6. The number of nitrogens with one attached hydrogen (secondary N) is 1. The molecule has 0 spiro atoms. The van der Waals surface area contributed by atoms with Crippen LogP contribution in [-0.2, 0) is 25.1 Å². The fraction of sp³-hybridized carbons (Fsp3) is 0.308. The summed E-state index contributed by atoms with van der Waals surface area (Å²) in [5.41, 5.74) is 0.266. The molecule has 11 nitrogen and oxygen atoms in total. The van der Waals surface area contributed by atoms with Crippen LogP contribution in [0.15, 0.2) is 34.8 Å². The lowest BCUT2D eigenvalue weighted by Gasteiger charge is -2.09. The van der Waals surface area contributed by atoms with Crippen molar-refractivity contribution in [2.75, 3.05) is 27.7 Å². The van der Waals surface area contributed by atoms with Crippen molar-refractivity contribution in [1.82, 2.24) is 23.2 Å². The lowest BCUT2D eigenvalue weighted by atomic mass is 10.1. The Morgan fingerprint density at radius 2 is 2.04 bits per heavy atom. The molecule has 0 saturated heterocycles. The van der Waals surface area contributed by atoms with Crippen molar-refractivity contribution in [3.8, 4) is 0 Å². The fourth-order valence-electron chi connectivity index (χ4n) is 1.84. The molecule has 2 rings (SSSR count). The van der Waals surface area contributed by atoms with Crippen molar-refractivity contribution >= 4 is 37.5 Å². The van der Waals surface area contributed by atoms with Gasteiger partial charge in [-0.15, -0.1) is 9.19 Å². The van der Waals surface area contributed by atoms with E-state index in [1.54, 1.807) is 0 Å². The SMILES string of the molecule is CO/N=C(\CNS(=O)(=O)c1ncn(S(=O)(=O)N(C)C)n1)c1ccc(Cl)c(F)c1. The number of rotatable bonds is 8. The standard InChI is InChI=1S/C13H16ClFN6O5S2/c1-20(2)28(24,25)21-8-16-13(18-21)27(22,23)17-7-12(19-26-3)9-4-5-10(14)11(15)6-9/h4-6,8,17H,7H2,1-3H3/b19-12+. The van der Waals surface area contributed by atoms with E-state index in [4.69, 9.17) is 11.6 Å². The van der Waals surface area contributed by atoms with E-state index >= 15 is 0 Å². The van der Waals surface area contributed by atoms with Crippen LogP contribution in [0.25, 0.3) is 0 Å². The lowest BCUT2D eigenvalue weighted by Crippen LogP contribution is -2.32. The van der Waals surface area contributed by atoms with Gasteiger partial charge in [-0.05, 0) is 12.1 Å². The van der Waals surface area contributed by atoms with E-state index < -0.39 is 37.8 Å². The van der Waals surface area contributed by atoms with Gasteiger partial charge in [-0.25, -0.2) is 22.5 Å². The first-order valence-corrected chi connectivity index (χ1v) is 10.6. The van der Waals surface area contributed by atoms with Crippen molar-refractivity contribution in [3.63, 3.8) is 0 Å². The average Bonchev–Trinajstić information content (AvgIpc) is 3.13. The van der Waals surface area contributed by atoms with E-state index in [-0.39, 0.29) is 16.3 Å². The predicted octanol–water partition coefficient (Wildman–Crippen LogP) is 0.0541. The Labute approximate surface area is 166 Å². The minimum Gasteiger partial charge on any atom is -0.399 e. The molecule has 0 fully saturated rings. The molecule has 28 heavy (non-hydrogen) atoms. The van der Waals surface area contributed by atoms with Gasteiger partial charge in [0.1, 0.15) is 25.0 Å². The molecule has 0 aliphatic rings. The second kappa shape index (κ2) is 8.48. The number of aromatic nitrogens is 3.